The molecule has 0 aromatic heterocycles. The minimum absolute atomic E-state index is 0.158. The number of carbonyl (C=O) groups excluding carboxylic acids is 2. The molecule has 0 aromatic rings. The number of ether oxygens (including phenoxy) is 1. The molecular weight excluding hydrogens is 120 g/mol. The van der Waals surface area contributed by atoms with Crippen molar-refractivity contribution in [3.63, 3.8) is 0 Å². The van der Waals surface area contributed by atoms with Gasteiger partial charge in [-0.3, -0.25) is 4.79 Å². The summed E-state index contributed by atoms with van der Waals surface area (Å²) < 4.78 is 4.52. The Morgan fingerprint density at radius 1 is 1.44 bits per heavy atom. The number of rotatable bonds is 0. The second-order valence-corrected chi connectivity index (χ2v) is 1.81. The number of ketones is 1. The summed E-state index contributed by atoms with van der Waals surface area (Å²) >= 11 is 0. The van der Waals surface area contributed by atoms with Crippen LogP contribution >= 0.6 is 0 Å². The zero-order valence-electron chi connectivity index (χ0n) is 4.96. The van der Waals surface area contributed by atoms with Gasteiger partial charge in [-0.25, -0.2) is 4.79 Å². The van der Waals surface area contributed by atoms with E-state index < -0.39 is 12.1 Å². The standard InChI is InChI=1S/C6H6O3/c1-4-5(7)2-3-6(8)9-4/h2-4H,1H3. The maximum absolute atomic E-state index is 10.6. The zero-order chi connectivity index (χ0) is 6.85. The SMILES string of the molecule is CC1OC(=O)C=CC1=O. The molecule has 1 heterocycles. The van der Waals surface area contributed by atoms with Crippen molar-refractivity contribution >= 4 is 11.8 Å². The molecule has 3 nitrogen and oxygen atoms in total. The van der Waals surface area contributed by atoms with Crippen LogP contribution in [0.1, 0.15) is 6.92 Å². The summed E-state index contributed by atoms with van der Waals surface area (Å²) in [5.74, 6) is -0.600. The van der Waals surface area contributed by atoms with Gasteiger partial charge in [-0.1, -0.05) is 0 Å². The van der Waals surface area contributed by atoms with Gasteiger partial charge in [0.25, 0.3) is 0 Å². The largest absolute Gasteiger partial charge is 0.451 e. The van der Waals surface area contributed by atoms with Crippen LogP contribution in [0.4, 0.5) is 0 Å². The molecule has 0 fully saturated rings. The summed E-state index contributed by atoms with van der Waals surface area (Å²) in [7, 11) is 0. The summed E-state index contributed by atoms with van der Waals surface area (Å²) in [6.07, 6.45) is 1.77. The normalized spacial score (nSPS) is 26.1. The Labute approximate surface area is 52.3 Å². The molecule has 0 N–H and O–H groups in total. The minimum atomic E-state index is -0.595. The zero-order valence-corrected chi connectivity index (χ0v) is 4.96. The summed E-state index contributed by atoms with van der Waals surface area (Å²) in [6, 6.07) is 0. The first-order chi connectivity index (χ1) is 4.20. The third-order valence-electron chi connectivity index (χ3n) is 1.08. The van der Waals surface area contributed by atoms with Crippen LogP contribution < -0.4 is 0 Å². The summed E-state index contributed by atoms with van der Waals surface area (Å²) in [4.78, 5) is 20.9. The van der Waals surface area contributed by atoms with Gasteiger partial charge in [0, 0.05) is 6.08 Å². The first kappa shape index (κ1) is 6.01. The van der Waals surface area contributed by atoms with Gasteiger partial charge in [0.1, 0.15) is 0 Å². The molecule has 0 spiro atoms. The molecule has 0 saturated carbocycles. The second kappa shape index (κ2) is 2.01. The lowest BCUT2D eigenvalue weighted by molar-refractivity contribution is -0.149. The van der Waals surface area contributed by atoms with E-state index in [1.165, 1.54) is 6.08 Å². The van der Waals surface area contributed by atoms with Crippen LogP contribution in [0.3, 0.4) is 0 Å². The highest BCUT2D eigenvalue weighted by Crippen LogP contribution is 2.01. The molecule has 0 aliphatic carbocycles. The van der Waals surface area contributed by atoms with E-state index in [1.54, 1.807) is 6.92 Å². The number of hydrogen-bond donors (Lipinski definition) is 0. The van der Waals surface area contributed by atoms with Gasteiger partial charge >= 0.3 is 5.97 Å². The minimum Gasteiger partial charge on any atom is -0.451 e. The topological polar surface area (TPSA) is 43.4 Å². The van der Waals surface area contributed by atoms with Crippen molar-refractivity contribution in [2.45, 2.75) is 13.0 Å². The van der Waals surface area contributed by atoms with Crippen molar-refractivity contribution in [1.29, 1.82) is 0 Å². The Balaban J connectivity index is 2.76. The fraction of sp³-hybridized carbons (Fsp3) is 0.333. The van der Waals surface area contributed by atoms with Gasteiger partial charge < -0.3 is 4.74 Å². The Morgan fingerprint density at radius 3 is 2.56 bits per heavy atom. The van der Waals surface area contributed by atoms with Crippen LogP contribution in [0.2, 0.25) is 0 Å². The molecular formula is C6H6O3. The third-order valence-corrected chi connectivity index (χ3v) is 1.08. The first-order valence-corrected chi connectivity index (χ1v) is 2.62. The summed E-state index contributed by atoms with van der Waals surface area (Å²) in [5, 5.41) is 0. The fourth-order valence-corrected chi connectivity index (χ4v) is 0.557. The van der Waals surface area contributed by atoms with Crippen molar-refractivity contribution in [3.05, 3.63) is 12.2 Å². The highest BCUT2D eigenvalue weighted by atomic mass is 16.5. The van der Waals surface area contributed by atoms with Crippen LogP contribution in [0, 0.1) is 0 Å². The monoisotopic (exact) mass is 126 g/mol. The molecule has 0 saturated heterocycles. The highest BCUT2D eigenvalue weighted by Gasteiger charge is 2.18. The molecule has 0 amide bonds. The maximum atomic E-state index is 10.6. The van der Waals surface area contributed by atoms with E-state index in [9.17, 15) is 9.59 Å². The van der Waals surface area contributed by atoms with Gasteiger partial charge in [-0.05, 0) is 13.0 Å². The van der Waals surface area contributed by atoms with Crippen molar-refractivity contribution in [1.82, 2.24) is 0 Å². The molecule has 0 aromatic carbocycles. The third kappa shape index (κ3) is 1.16. The lowest BCUT2D eigenvalue weighted by Gasteiger charge is -2.11. The van der Waals surface area contributed by atoms with Crippen LogP contribution in [0.5, 0.6) is 0 Å². The van der Waals surface area contributed by atoms with Crippen molar-refractivity contribution < 1.29 is 14.3 Å². The fourth-order valence-electron chi connectivity index (χ4n) is 0.557. The van der Waals surface area contributed by atoms with Crippen molar-refractivity contribution in [2.75, 3.05) is 0 Å². The highest BCUT2D eigenvalue weighted by molar-refractivity contribution is 6.02. The Morgan fingerprint density at radius 2 is 2.11 bits per heavy atom. The number of hydrogen-bond acceptors (Lipinski definition) is 3. The lowest BCUT2D eigenvalue weighted by Crippen LogP contribution is -2.25. The molecule has 0 radical (unpaired) electrons. The second-order valence-electron chi connectivity index (χ2n) is 1.81. The van der Waals surface area contributed by atoms with Gasteiger partial charge in [-0.15, -0.1) is 0 Å². The average Bonchev–Trinajstić information content (AvgIpc) is 1.80. The first-order valence-electron chi connectivity index (χ1n) is 2.62. The predicted octanol–water partition coefficient (Wildman–Crippen LogP) is 0.0570. The molecule has 1 aliphatic rings. The average molecular weight is 126 g/mol. The Hall–Kier alpha value is -1.12. The molecule has 1 rings (SSSR count). The van der Waals surface area contributed by atoms with Crippen LogP contribution in [-0.2, 0) is 14.3 Å². The number of carbonyl (C=O) groups is 2. The summed E-state index contributed by atoms with van der Waals surface area (Å²) in [5.41, 5.74) is 0. The Bertz CT molecular complexity index is 181. The lowest BCUT2D eigenvalue weighted by atomic mass is 10.2. The van der Waals surface area contributed by atoms with Crippen molar-refractivity contribution in [3.8, 4) is 0 Å². The molecule has 9 heavy (non-hydrogen) atoms. The van der Waals surface area contributed by atoms with E-state index in [1.807, 2.05) is 0 Å². The maximum Gasteiger partial charge on any atom is 0.331 e. The van der Waals surface area contributed by atoms with Gasteiger partial charge in [-0.2, -0.15) is 0 Å². The van der Waals surface area contributed by atoms with Gasteiger partial charge in [0.05, 0.1) is 0 Å². The molecule has 3 heteroatoms. The predicted molar refractivity (Wildman–Crippen MR) is 29.7 cm³/mol. The molecule has 1 atom stereocenters. The molecule has 1 unspecified atom stereocenters. The molecule has 1 aliphatic heterocycles. The van der Waals surface area contributed by atoms with E-state index in [-0.39, 0.29) is 5.78 Å². The quantitative estimate of drug-likeness (QED) is 0.431. The van der Waals surface area contributed by atoms with Crippen LogP contribution in [0.25, 0.3) is 0 Å². The van der Waals surface area contributed by atoms with E-state index >= 15 is 0 Å². The van der Waals surface area contributed by atoms with Crippen LogP contribution in [-0.4, -0.2) is 17.9 Å². The number of cyclic esters (lactones) is 1. The van der Waals surface area contributed by atoms with Gasteiger partial charge in [0.2, 0.25) is 0 Å². The van der Waals surface area contributed by atoms with E-state index in [4.69, 9.17) is 0 Å². The smallest absolute Gasteiger partial charge is 0.331 e. The number of esters is 1. The molecule has 0 bridgehead atoms. The van der Waals surface area contributed by atoms with E-state index in [2.05, 4.69) is 4.74 Å². The van der Waals surface area contributed by atoms with Gasteiger partial charge in [0.15, 0.2) is 11.9 Å². The Kier molecular flexibility index (Phi) is 1.34. The van der Waals surface area contributed by atoms with Crippen LogP contribution in [0.15, 0.2) is 12.2 Å². The van der Waals surface area contributed by atoms with E-state index in [0.29, 0.717) is 0 Å². The molecule has 48 valence electrons. The van der Waals surface area contributed by atoms with Crippen molar-refractivity contribution in [2.24, 2.45) is 0 Å². The summed E-state index contributed by atoms with van der Waals surface area (Å²) in [6.45, 7) is 1.55. The van der Waals surface area contributed by atoms with E-state index in [0.717, 1.165) is 6.08 Å².